The van der Waals surface area contributed by atoms with Gasteiger partial charge in [0.15, 0.2) is 0 Å². The summed E-state index contributed by atoms with van der Waals surface area (Å²) in [6, 6.07) is 2.19. The van der Waals surface area contributed by atoms with E-state index in [1.807, 2.05) is 6.92 Å². The zero-order chi connectivity index (χ0) is 13.3. The zero-order valence-corrected chi connectivity index (χ0v) is 11.3. The number of nitriles is 1. The summed E-state index contributed by atoms with van der Waals surface area (Å²) in [5.41, 5.74) is -0.983. The summed E-state index contributed by atoms with van der Waals surface area (Å²) in [5.74, 6) is -0.171. The number of methoxy groups -OCH3 is 1. The topological polar surface area (TPSA) is 62.1 Å². The first-order valence-electron chi connectivity index (χ1n) is 6.06. The van der Waals surface area contributed by atoms with E-state index in [2.05, 4.69) is 25.2 Å². The lowest BCUT2D eigenvalue weighted by molar-refractivity contribution is -0.138. The summed E-state index contributed by atoms with van der Waals surface area (Å²) in [6.07, 6.45) is 1.53. The first-order valence-corrected chi connectivity index (χ1v) is 6.06. The lowest BCUT2D eigenvalue weighted by Gasteiger charge is -2.51. The Kier molecular flexibility index (Phi) is 3.83. The van der Waals surface area contributed by atoms with Crippen LogP contribution in [-0.2, 0) is 9.53 Å². The quantitative estimate of drug-likeness (QED) is 0.813. The standard InChI is InChI=1S/C13H22N2O2/c1-6-13(4,8-14)11(16)15-9-7-10(17-5)12(9,2)3/h9-10H,6-7H2,1-5H3,(H,15,16). The van der Waals surface area contributed by atoms with Crippen LogP contribution < -0.4 is 5.32 Å². The number of rotatable bonds is 4. The van der Waals surface area contributed by atoms with Crippen molar-refractivity contribution in [3.8, 4) is 6.07 Å². The Hall–Kier alpha value is -1.08. The van der Waals surface area contributed by atoms with Gasteiger partial charge in [0.25, 0.3) is 0 Å². The van der Waals surface area contributed by atoms with Crippen LogP contribution in [0.15, 0.2) is 0 Å². The fourth-order valence-corrected chi connectivity index (χ4v) is 2.14. The molecule has 0 radical (unpaired) electrons. The summed E-state index contributed by atoms with van der Waals surface area (Å²) >= 11 is 0. The molecule has 1 aliphatic rings. The largest absolute Gasteiger partial charge is 0.381 e. The third-order valence-electron chi connectivity index (χ3n) is 4.22. The molecular weight excluding hydrogens is 216 g/mol. The molecule has 1 rings (SSSR count). The van der Waals surface area contributed by atoms with Gasteiger partial charge in [0.05, 0.1) is 12.2 Å². The second-order valence-electron chi connectivity index (χ2n) is 5.60. The second-order valence-corrected chi connectivity index (χ2v) is 5.60. The van der Waals surface area contributed by atoms with Gasteiger partial charge in [-0.2, -0.15) is 5.26 Å². The minimum Gasteiger partial charge on any atom is -0.381 e. The van der Waals surface area contributed by atoms with Crippen molar-refractivity contribution in [2.75, 3.05) is 7.11 Å². The van der Waals surface area contributed by atoms with Crippen LogP contribution in [0.4, 0.5) is 0 Å². The summed E-state index contributed by atoms with van der Waals surface area (Å²) < 4.78 is 5.34. The van der Waals surface area contributed by atoms with E-state index in [-0.39, 0.29) is 23.5 Å². The van der Waals surface area contributed by atoms with Crippen LogP contribution in [0.5, 0.6) is 0 Å². The van der Waals surface area contributed by atoms with Crippen LogP contribution in [0.3, 0.4) is 0 Å². The average molecular weight is 238 g/mol. The fraction of sp³-hybridized carbons (Fsp3) is 0.846. The SMILES string of the molecule is CCC(C)(C#N)C(=O)NC1CC(OC)C1(C)C. The van der Waals surface area contributed by atoms with Gasteiger partial charge < -0.3 is 10.1 Å². The van der Waals surface area contributed by atoms with Gasteiger partial charge in [0.2, 0.25) is 5.91 Å². The molecule has 4 nitrogen and oxygen atoms in total. The first kappa shape index (κ1) is 14.0. The molecule has 0 heterocycles. The van der Waals surface area contributed by atoms with E-state index in [4.69, 9.17) is 10.00 Å². The molecule has 3 atom stereocenters. The van der Waals surface area contributed by atoms with Crippen molar-refractivity contribution in [3.05, 3.63) is 0 Å². The molecule has 0 saturated heterocycles. The third kappa shape index (κ3) is 2.30. The predicted octanol–water partition coefficient (Wildman–Crippen LogP) is 1.86. The van der Waals surface area contributed by atoms with Crippen molar-refractivity contribution in [2.24, 2.45) is 10.8 Å². The number of hydrogen-bond acceptors (Lipinski definition) is 3. The maximum atomic E-state index is 12.0. The van der Waals surface area contributed by atoms with Crippen molar-refractivity contribution in [1.82, 2.24) is 5.32 Å². The molecule has 96 valence electrons. The van der Waals surface area contributed by atoms with Crippen LogP contribution in [0.2, 0.25) is 0 Å². The van der Waals surface area contributed by atoms with Gasteiger partial charge in [-0.15, -0.1) is 0 Å². The van der Waals surface area contributed by atoms with Gasteiger partial charge in [0.1, 0.15) is 5.41 Å². The molecule has 1 amide bonds. The van der Waals surface area contributed by atoms with Gasteiger partial charge in [-0.1, -0.05) is 20.8 Å². The van der Waals surface area contributed by atoms with Crippen LogP contribution >= 0.6 is 0 Å². The molecule has 4 heteroatoms. The number of nitrogens with zero attached hydrogens (tertiary/aromatic N) is 1. The molecular formula is C13H22N2O2. The number of ether oxygens (including phenoxy) is 1. The van der Waals surface area contributed by atoms with Crippen molar-refractivity contribution < 1.29 is 9.53 Å². The summed E-state index contributed by atoms with van der Waals surface area (Å²) in [6.45, 7) is 7.69. The predicted molar refractivity (Wildman–Crippen MR) is 65.1 cm³/mol. The molecule has 0 aliphatic heterocycles. The highest BCUT2D eigenvalue weighted by Crippen LogP contribution is 2.42. The third-order valence-corrected chi connectivity index (χ3v) is 4.22. The maximum Gasteiger partial charge on any atom is 0.240 e. The van der Waals surface area contributed by atoms with E-state index < -0.39 is 5.41 Å². The smallest absolute Gasteiger partial charge is 0.240 e. The molecule has 1 saturated carbocycles. The molecule has 0 aromatic carbocycles. The van der Waals surface area contributed by atoms with Gasteiger partial charge in [-0.25, -0.2) is 0 Å². The minimum absolute atomic E-state index is 0.0610. The monoisotopic (exact) mass is 238 g/mol. The van der Waals surface area contributed by atoms with E-state index in [9.17, 15) is 4.79 Å². The maximum absolute atomic E-state index is 12.0. The number of hydrogen-bond donors (Lipinski definition) is 1. The summed E-state index contributed by atoms with van der Waals surface area (Å²) in [4.78, 5) is 12.0. The first-order chi connectivity index (χ1) is 7.81. The molecule has 0 aromatic heterocycles. The molecule has 1 fully saturated rings. The number of carbonyl (C=O) groups excluding carboxylic acids is 1. The van der Waals surface area contributed by atoms with Crippen LogP contribution in [0, 0.1) is 22.2 Å². The highest BCUT2D eigenvalue weighted by molar-refractivity contribution is 5.85. The Morgan fingerprint density at radius 2 is 2.24 bits per heavy atom. The fourth-order valence-electron chi connectivity index (χ4n) is 2.14. The summed E-state index contributed by atoms with van der Waals surface area (Å²) in [5, 5.41) is 12.0. The van der Waals surface area contributed by atoms with Crippen molar-refractivity contribution in [3.63, 3.8) is 0 Å². The van der Waals surface area contributed by atoms with Crippen LogP contribution in [0.25, 0.3) is 0 Å². The van der Waals surface area contributed by atoms with Gasteiger partial charge in [-0.3, -0.25) is 4.79 Å². The van der Waals surface area contributed by atoms with E-state index in [1.54, 1.807) is 14.0 Å². The molecule has 0 aromatic rings. The van der Waals surface area contributed by atoms with Crippen molar-refractivity contribution in [2.45, 2.75) is 52.7 Å². The van der Waals surface area contributed by atoms with E-state index in [0.29, 0.717) is 6.42 Å². The molecule has 1 aliphatic carbocycles. The molecule has 1 N–H and O–H groups in total. The van der Waals surface area contributed by atoms with Crippen LogP contribution in [0.1, 0.15) is 40.5 Å². The van der Waals surface area contributed by atoms with Gasteiger partial charge >= 0.3 is 0 Å². The van der Waals surface area contributed by atoms with Crippen molar-refractivity contribution in [1.29, 1.82) is 5.26 Å². The van der Waals surface area contributed by atoms with Crippen LogP contribution in [-0.4, -0.2) is 25.2 Å². The normalized spacial score (nSPS) is 29.6. The lowest BCUT2D eigenvalue weighted by Crippen LogP contribution is -2.63. The Morgan fingerprint density at radius 3 is 2.59 bits per heavy atom. The van der Waals surface area contributed by atoms with Gasteiger partial charge in [-0.05, 0) is 19.8 Å². The highest BCUT2D eigenvalue weighted by Gasteiger charge is 2.50. The van der Waals surface area contributed by atoms with E-state index in [0.717, 1.165) is 6.42 Å². The Morgan fingerprint density at radius 1 is 1.65 bits per heavy atom. The lowest BCUT2D eigenvalue weighted by atomic mass is 9.64. The second kappa shape index (κ2) is 4.66. The Bertz CT molecular complexity index is 346. The number of amides is 1. The molecule has 3 unspecified atom stereocenters. The number of nitrogens with one attached hydrogen (secondary N) is 1. The molecule has 0 bridgehead atoms. The van der Waals surface area contributed by atoms with E-state index in [1.165, 1.54) is 0 Å². The Labute approximate surface area is 103 Å². The Balaban J connectivity index is 2.64. The molecule has 0 spiro atoms. The zero-order valence-electron chi connectivity index (χ0n) is 11.3. The minimum atomic E-state index is -0.922. The number of carbonyl (C=O) groups is 1. The van der Waals surface area contributed by atoms with Gasteiger partial charge in [0, 0.05) is 18.6 Å². The molecule has 17 heavy (non-hydrogen) atoms. The average Bonchev–Trinajstić information content (AvgIpc) is 2.32. The summed E-state index contributed by atoms with van der Waals surface area (Å²) in [7, 11) is 1.69. The highest BCUT2D eigenvalue weighted by atomic mass is 16.5. The van der Waals surface area contributed by atoms with Crippen molar-refractivity contribution >= 4 is 5.91 Å². The van der Waals surface area contributed by atoms with E-state index >= 15 is 0 Å².